The van der Waals surface area contributed by atoms with E-state index in [0.717, 1.165) is 63.1 Å². The fourth-order valence-electron chi connectivity index (χ4n) is 3.89. The van der Waals surface area contributed by atoms with Crippen LogP contribution in [0.5, 0.6) is 0 Å². The van der Waals surface area contributed by atoms with E-state index in [2.05, 4.69) is 25.6 Å². The van der Waals surface area contributed by atoms with E-state index in [1.807, 2.05) is 6.07 Å². The molecule has 6 nitrogen and oxygen atoms in total. The number of rotatable bonds is 6. The zero-order valence-corrected chi connectivity index (χ0v) is 15.8. The molecule has 1 N–H and O–H groups in total. The third-order valence-electron chi connectivity index (χ3n) is 5.47. The Balaban J connectivity index is 1.21. The van der Waals surface area contributed by atoms with Crippen molar-refractivity contribution in [2.75, 3.05) is 31.1 Å². The van der Waals surface area contributed by atoms with Gasteiger partial charge >= 0.3 is 0 Å². The summed E-state index contributed by atoms with van der Waals surface area (Å²) >= 11 is 1.71. The monoisotopic (exact) mass is 374 g/mol. The summed E-state index contributed by atoms with van der Waals surface area (Å²) in [6, 6.07) is 2.05. The van der Waals surface area contributed by atoms with Gasteiger partial charge < -0.3 is 15.0 Å². The molecule has 0 saturated carbocycles. The van der Waals surface area contributed by atoms with Crippen LogP contribution in [0.2, 0.25) is 0 Å². The molecule has 0 radical (unpaired) electrons. The highest BCUT2D eigenvalue weighted by atomic mass is 32.1. The summed E-state index contributed by atoms with van der Waals surface area (Å²) in [6.45, 7) is 3.52. The minimum absolute atomic E-state index is 0.166. The molecule has 0 spiro atoms. The summed E-state index contributed by atoms with van der Waals surface area (Å²) in [4.78, 5) is 23.3. The highest BCUT2D eigenvalue weighted by Crippen LogP contribution is 2.31. The van der Waals surface area contributed by atoms with Gasteiger partial charge in [-0.3, -0.25) is 4.79 Å². The minimum atomic E-state index is 0.166. The molecule has 26 heavy (non-hydrogen) atoms. The third-order valence-corrected chi connectivity index (χ3v) is 6.37. The number of carbonyl (C=O) groups excluding carboxylic acids is 1. The Kier molecular flexibility index (Phi) is 5.65. The van der Waals surface area contributed by atoms with Gasteiger partial charge in [-0.05, 0) is 49.5 Å². The molecule has 2 aliphatic rings. The van der Waals surface area contributed by atoms with E-state index >= 15 is 0 Å². The largest absolute Gasteiger partial charge is 0.376 e. The number of nitrogens with one attached hydrogen (secondary N) is 1. The molecule has 4 heterocycles. The Morgan fingerprint density at radius 1 is 1.31 bits per heavy atom. The van der Waals surface area contributed by atoms with E-state index < -0.39 is 0 Å². The summed E-state index contributed by atoms with van der Waals surface area (Å²) in [5, 5.41) is 5.10. The van der Waals surface area contributed by atoms with Gasteiger partial charge in [0.25, 0.3) is 0 Å². The first kappa shape index (κ1) is 17.7. The Morgan fingerprint density at radius 3 is 3.00 bits per heavy atom. The van der Waals surface area contributed by atoms with Crippen molar-refractivity contribution < 1.29 is 9.53 Å². The predicted octanol–water partition coefficient (Wildman–Crippen LogP) is 2.98. The smallest absolute Gasteiger partial charge is 0.220 e. The van der Waals surface area contributed by atoms with Crippen LogP contribution in [0.3, 0.4) is 0 Å². The van der Waals surface area contributed by atoms with Crippen molar-refractivity contribution in [1.29, 1.82) is 0 Å². The molecule has 7 heteroatoms. The molecule has 1 amide bonds. The Hall–Kier alpha value is -1.73. The van der Waals surface area contributed by atoms with Crippen LogP contribution in [-0.2, 0) is 9.53 Å². The van der Waals surface area contributed by atoms with Crippen LogP contribution in [0.15, 0.2) is 17.8 Å². The van der Waals surface area contributed by atoms with Gasteiger partial charge in [0.1, 0.15) is 12.1 Å². The number of hydrogen-bond acceptors (Lipinski definition) is 6. The maximum absolute atomic E-state index is 12.1. The van der Waals surface area contributed by atoms with E-state index in [0.29, 0.717) is 18.9 Å². The average molecular weight is 375 g/mol. The van der Waals surface area contributed by atoms with Gasteiger partial charge in [0.15, 0.2) is 0 Å². The van der Waals surface area contributed by atoms with Crippen LogP contribution < -0.4 is 10.2 Å². The molecule has 2 aliphatic heterocycles. The standard InChI is InChI=1S/C19H26N4O2S/c24-17(20-12-15-2-1-10-25-15)4-3-14-5-8-23(9-6-14)19-18-16(7-11-26-18)21-13-22-19/h7,11,13-15H,1-6,8-10,12H2,(H,20,24)/t15-/m0/s1. The fourth-order valence-corrected chi connectivity index (χ4v) is 4.75. The van der Waals surface area contributed by atoms with Gasteiger partial charge in [-0.25, -0.2) is 9.97 Å². The van der Waals surface area contributed by atoms with Crippen LogP contribution in [0.4, 0.5) is 5.82 Å². The minimum Gasteiger partial charge on any atom is -0.376 e. The van der Waals surface area contributed by atoms with Crippen LogP contribution in [0, 0.1) is 5.92 Å². The Bertz CT molecular complexity index is 736. The van der Waals surface area contributed by atoms with E-state index in [1.54, 1.807) is 17.7 Å². The molecule has 2 fully saturated rings. The Labute approximate surface area is 158 Å². The number of anilines is 1. The van der Waals surface area contributed by atoms with Crippen molar-refractivity contribution in [1.82, 2.24) is 15.3 Å². The number of amides is 1. The van der Waals surface area contributed by atoms with Crippen LogP contribution in [-0.4, -0.2) is 48.2 Å². The van der Waals surface area contributed by atoms with Gasteiger partial charge in [-0.15, -0.1) is 11.3 Å². The molecule has 2 saturated heterocycles. The SMILES string of the molecule is O=C(CCC1CCN(c2ncnc3ccsc23)CC1)NC[C@@H]1CCCO1. The lowest BCUT2D eigenvalue weighted by molar-refractivity contribution is -0.121. The molecule has 0 unspecified atom stereocenters. The number of carbonyl (C=O) groups is 1. The summed E-state index contributed by atoms with van der Waals surface area (Å²) in [7, 11) is 0. The van der Waals surface area contributed by atoms with E-state index in [4.69, 9.17) is 4.74 Å². The molecule has 2 aromatic heterocycles. The van der Waals surface area contributed by atoms with Gasteiger partial charge in [0, 0.05) is 32.7 Å². The van der Waals surface area contributed by atoms with Gasteiger partial charge in [-0.1, -0.05) is 0 Å². The first-order valence-corrected chi connectivity index (χ1v) is 10.5. The lowest BCUT2D eigenvalue weighted by Crippen LogP contribution is -2.35. The van der Waals surface area contributed by atoms with Crippen molar-refractivity contribution in [3.63, 3.8) is 0 Å². The molecule has 140 valence electrons. The highest BCUT2D eigenvalue weighted by Gasteiger charge is 2.23. The number of piperidine rings is 1. The molecule has 0 aliphatic carbocycles. The second-order valence-electron chi connectivity index (χ2n) is 7.24. The van der Waals surface area contributed by atoms with Crippen molar-refractivity contribution in [3.8, 4) is 0 Å². The molecule has 2 aromatic rings. The normalized spacial score (nSPS) is 21.4. The van der Waals surface area contributed by atoms with Gasteiger partial charge in [-0.2, -0.15) is 0 Å². The summed E-state index contributed by atoms with van der Waals surface area (Å²) in [6.07, 6.45) is 7.91. The first-order valence-electron chi connectivity index (χ1n) is 9.61. The molecule has 0 bridgehead atoms. The summed E-state index contributed by atoms with van der Waals surface area (Å²) < 4.78 is 6.73. The van der Waals surface area contributed by atoms with Crippen molar-refractivity contribution in [2.45, 2.75) is 44.6 Å². The summed E-state index contributed by atoms with van der Waals surface area (Å²) in [5.74, 6) is 1.86. The number of aromatic nitrogens is 2. The molecular formula is C19H26N4O2S. The number of thiophene rings is 1. The van der Waals surface area contributed by atoms with Crippen molar-refractivity contribution in [3.05, 3.63) is 17.8 Å². The number of nitrogens with zero attached hydrogens (tertiary/aromatic N) is 3. The van der Waals surface area contributed by atoms with Crippen molar-refractivity contribution in [2.24, 2.45) is 5.92 Å². The Morgan fingerprint density at radius 2 is 2.19 bits per heavy atom. The maximum Gasteiger partial charge on any atom is 0.220 e. The van der Waals surface area contributed by atoms with Crippen LogP contribution in [0.1, 0.15) is 38.5 Å². The third kappa shape index (κ3) is 4.15. The van der Waals surface area contributed by atoms with Gasteiger partial charge in [0.2, 0.25) is 5.91 Å². The first-order chi connectivity index (χ1) is 12.8. The predicted molar refractivity (Wildman–Crippen MR) is 104 cm³/mol. The second kappa shape index (κ2) is 8.31. The average Bonchev–Trinajstić information content (AvgIpc) is 3.36. The fraction of sp³-hybridized carbons (Fsp3) is 0.632. The molecule has 0 aromatic carbocycles. The van der Waals surface area contributed by atoms with Crippen LogP contribution >= 0.6 is 11.3 Å². The lowest BCUT2D eigenvalue weighted by atomic mass is 9.92. The second-order valence-corrected chi connectivity index (χ2v) is 8.16. The number of ether oxygens (including phenoxy) is 1. The highest BCUT2D eigenvalue weighted by molar-refractivity contribution is 7.17. The van der Waals surface area contributed by atoms with Gasteiger partial charge in [0.05, 0.1) is 16.3 Å². The number of fused-ring (bicyclic) bond motifs is 1. The van der Waals surface area contributed by atoms with E-state index in [-0.39, 0.29) is 12.0 Å². The molecule has 4 rings (SSSR count). The van der Waals surface area contributed by atoms with Crippen molar-refractivity contribution >= 4 is 33.3 Å². The topological polar surface area (TPSA) is 67.4 Å². The lowest BCUT2D eigenvalue weighted by Gasteiger charge is -2.32. The summed E-state index contributed by atoms with van der Waals surface area (Å²) in [5.41, 5.74) is 1.03. The molecular weight excluding hydrogens is 348 g/mol. The zero-order chi connectivity index (χ0) is 17.8. The zero-order valence-electron chi connectivity index (χ0n) is 15.0. The van der Waals surface area contributed by atoms with E-state index in [9.17, 15) is 4.79 Å². The number of hydrogen-bond donors (Lipinski definition) is 1. The molecule has 1 atom stereocenters. The maximum atomic E-state index is 12.1. The van der Waals surface area contributed by atoms with Crippen LogP contribution in [0.25, 0.3) is 10.2 Å². The quantitative estimate of drug-likeness (QED) is 0.842. The van der Waals surface area contributed by atoms with E-state index in [1.165, 1.54) is 4.70 Å².